The van der Waals surface area contributed by atoms with Gasteiger partial charge in [0.05, 0.1) is 13.2 Å². The molecule has 0 radical (unpaired) electrons. The summed E-state index contributed by atoms with van der Waals surface area (Å²) < 4.78 is 42.5. The molecule has 1 aliphatic rings. The molecule has 1 aliphatic heterocycles. The van der Waals surface area contributed by atoms with Gasteiger partial charge in [-0.2, -0.15) is 13.2 Å². The third-order valence-electron chi connectivity index (χ3n) is 4.18. The highest BCUT2D eigenvalue weighted by Gasteiger charge is 2.29. The third-order valence-corrected chi connectivity index (χ3v) is 4.92. The van der Waals surface area contributed by atoms with Crippen LogP contribution in [0.25, 0.3) is 0 Å². The number of alkyl halides is 3. The van der Waals surface area contributed by atoms with Gasteiger partial charge in [0.15, 0.2) is 0 Å². The lowest BCUT2D eigenvalue weighted by Gasteiger charge is -2.29. The molecule has 0 atom stereocenters. The highest BCUT2D eigenvalue weighted by molar-refractivity contribution is 8.00. The van der Waals surface area contributed by atoms with Gasteiger partial charge in [0.1, 0.15) is 0 Å². The normalized spacial score (nSPS) is 14.9. The zero-order valence-corrected chi connectivity index (χ0v) is 15.5. The Morgan fingerprint density at radius 3 is 2.37 bits per heavy atom. The second-order valence-corrected chi connectivity index (χ2v) is 7.26. The van der Waals surface area contributed by atoms with Crippen molar-refractivity contribution in [1.29, 1.82) is 0 Å². The molecule has 0 saturated carbocycles. The van der Waals surface area contributed by atoms with Crippen LogP contribution in [0, 0.1) is 6.92 Å². The third kappa shape index (κ3) is 5.40. The van der Waals surface area contributed by atoms with E-state index in [4.69, 9.17) is 4.74 Å². The van der Waals surface area contributed by atoms with Gasteiger partial charge in [-0.1, -0.05) is 0 Å². The SMILES string of the molecule is Cc1cc(N2CCOCC2)ccc1NC(=O)c1ccc(SC(F)(F)F)cc1. The molecular weight excluding hydrogens is 377 g/mol. The Morgan fingerprint density at radius 2 is 1.78 bits per heavy atom. The number of carbonyl (C=O) groups is 1. The van der Waals surface area contributed by atoms with Crippen LogP contribution in [-0.2, 0) is 4.74 Å². The first-order chi connectivity index (χ1) is 12.8. The fraction of sp³-hybridized carbons (Fsp3) is 0.316. The topological polar surface area (TPSA) is 41.6 Å². The van der Waals surface area contributed by atoms with Crippen LogP contribution in [0.4, 0.5) is 24.5 Å². The number of rotatable bonds is 4. The first kappa shape index (κ1) is 19.6. The number of aryl methyl sites for hydroxylation is 1. The number of carbonyl (C=O) groups excluding carboxylic acids is 1. The van der Waals surface area contributed by atoms with Crippen molar-refractivity contribution in [3.8, 4) is 0 Å². The van der Waals surface area contributed by atoms with Gasteiger partial charge < -0.3 is 15.0 Å². The van der Waals surface area contributed by atoms with Crippen molar-refractivity contribution in [2.75, 3.05) is 36.5 Å². The largest absolute Gasteiger partial charge is 0.446 e. The Kier molecular flexibility index (Phi) is 5.96. The van der Waals surface area contributed by atoms with E-state index in [1.165, 1.54) is 24.3 Å². The van der Waals surface area contributed by atoms with Gasteiger partial charge in [-0.05, 0) is 66.7 Å². The fourth-order valence-corrected chi connectivity index (χ4v) is 3.35. The Hall–Kier alpha value is -2.19. The van der Waals surface area contributed by atoms with E-state index in [1.54, 1.807) is 0 Å². The molecule has 8 heteroatoms. The smallest absolute Gasteiger partial charge is 0.378 e. The molecule has 27 heavy (non-hydrogen) atoms. The van der Waals surface area contributed by atoms with Gasteiger partial charge in [0, 0.05) is 34.9 Å². The maximum Gasteiger partial charge on any atom is 0.446 e. The molecule has 1 N–H and O–H groups in total. The molecule has 2 aromatic rings. The predicted octanol–water partition coefficient (Wildman–Crippen LogP) is 4.70. The first-order valence-electron chi connectivity index (χ1n) is 8.42. The zero-order chi connectivity index (χ0) is 19.4. The number of benzene rings is 2. The van der Waals surface area contributed by atoms with E-state index in [1.807, 2.05) is 25.1 Å². The number of nitrogens with zero attached hydrogens (tertiary/aromatic N) is 1. The average Bonchev–Trinajstić information content (AvgIpc) is 2.63. The zero-order valence-electron chi connectivity index (χ0n) is 14.7. The van der Waals surface area contributed by atoms with Gasteiger partial charge in [-0.15, -0.1) is 0 Å². The van der Waals surface area contributed by atoms with Crippen molar-refractivity contribution < 1.29 is 22.7 Å². The van der Waals surface area contributed by atoms with Crippen molar-refractivity contribution in [1.82, 2.24) is 0 Å². The second kappa shape index (κ2) is 8.22. The van der Waals surface area contributed by atoms with Crippen LogP contribution in [0.15, 0.2) is 47.4 Å². The number of halogens is 3. The van der Waals surface area contributed by atoms with Gasteiger partial charge in [-0.3, -0.25) is 4.79 Å². The summed E-state index contributed by atoms with van der Waals surface area (Å²) >= 11 is -0.203. The Morgan fingerprint density at radius 1 is 1.11 bits per heavy atom. The van der Waals surface area contributed by atoms with Crippen molar-refractivity contribution in [3.05, 3.63) is 53.6 Å². The molecule has 0 aromatic heterocycles. The molecule has 0 spiro atoms. The van der Waals surface area contributed by atoms with Crippen LogP contribution >= 0.6 is 11.8 Å². The molecule has 144 valence electrons. The predicted molar refractivity (Wildman–Crippen MR) is 101 cm³/mol. The number of ether oxygens (including phenoxy) is 1. The second-order valence-electron chi connectivity index (χ2n) is 6.12. The average molecular weight is 396 g/mol. The Bertz CT molecular complexity index is 804. The molecule has 0 bridgehead atoms. The van der Waals surface area contributed by atoms with Gasteiger partial charge in [0.25, 0.3) is 5.91 Å². The molecular formula is C19H19F3N2O2S. The molecule has 0 aliphatic carbocycles. The van der Waals surface area contributed by atoms with Crippen molar-refractivity contribution >= 4 is 29.0 Å². The van der Waals surface area contributed by atoms with Gasteiger partial charge >= 0.3 is 5.51 Å². The van der Waals surface area contributed by atoms with Crippen LogP contribution in [0.5, 0.6) is 0 Å². The maximum atomic E-state index is 12.4. The molecule has 3 rings (SSSR count). The summed E-state index contributed by atoms with van der Waals surface area (Å²) in [4.78, 5) is 14.7. The molecule has 0 unspecified atom stereocenters. The van der Waals surface area contributed by atoms with Crippen LogP contribution in [0.1, 0.15) is 15.9 Å². The van der Waals surface area contributed by atoms with Gasteiger partial charge in [0.2, 0.25) is 0 Å². The Balaban J connectivity index is 1.66. The molecule has 1 fully saturated rings. The highest BCUT2D eigenvalue weighted by atomic mass is 32.2. The number of anilines is 2. The molecule has 1 amide bonds. The summed E-state index contributed by atoms with van der Waals surface area (Å²) in [6.45, 7) is 4.95. The molecule has 2 aromatic carbocycles. The van der Waals surface area contributed by atoms with Crippen molar-refractivity contribution in [3.63, 3.8) is 0 Å². The monoisotopic (exact) mass is 396 g/mol. The molecule has 1 saturated heterocycles. The number of hydrogen-bond donors (Lipinski definition) is 1. The number of nitrogens with one attached hydrogen (secondary N) is 1. The lowest BCUT2D eigenvalue weighted by Crippen LogP contribution is -2.36. The highest BCUT2D eigenvalue weighted by Crippen LogP contribution is 2.36. The minimum atomic E-state index is -4.34. The van der Waals surface area contributed by atoms with Crippen LogP contribution in [0.3, 0.4) is 0 Å². The number of thioether (sulfide) groups is 1. The van der Waals surface area contributed by atoms with E-state index in [-0.39, 0.29) is 22.6 Å². The van der Waals surface area contributed by atoms with E-state index in [0.717, 1.165) is 24.3 Å². The lowest BCUT2D eigenvalue weighted by molar-refractivity contribution is -0.0328. The summed E-state index contributed by atoms with van der Waals surface area (Å²) in [7, 11) is 0. The standard InChI is InChI=1S/C19H19F3N2O2S/c1-13-12-15(24-8-10-26-11-9-24)4-7-17(13)23-18(25)14-2-5-16(6-3-14)27-19(20,21)22/h2-7,12H,8-11H2,1H3,(H,23,25). The van der Waals surface area contributed by atoms with E-state index in [2.05, 4.69) is 10.2 Å². The fourth-order valence-electron chi connectivity index (χ4n) is 2.81. The lowest BCUT2D eigenvalue weighted by atomic mass is 10.1. The quantitative estimate of drug-likeness (QED) is 0.761. The van der Waals surface area contributed by atoms with E-state index >= 15 is 0 Å². The van der Waals surface area contributed by atoms with E-state index < -0.39 is 5.51 Å². The molecule has 1 heterocycles. The summed E-state index contributed by atoms with van der Waals surface area (Å²) in [6.07, 6.45) is 0. The number of hydrogen-bond acceptors (Lipinski definition) is 4. The minimum absolute atomic E-state index is 0.0464. The van der Waals surface area contributed by atoms with Crippen LogP contribution in [-0.4, -0.2) is 37.7 Å². The van der Waals surface area contributed by atoms with E-state index in [0.29, 0.717) is 24.5 Å². The number of morpholine rings is 1. The summed E-state index contributed by atoms with van der Waals surface area (Å²) in [5.74, 6) is -0.360. The van der Waals surface area contributed by atoms with Crippen LogP contribution < -0.4 is 10.2 Å². The van der Waals surface area contributed by atoms with Crippen molar-refractivity contribution in [2.24, 2.45) is 0 Å². The van der Waals surface area contributed by atoms with Gasteiger partial charge in [-0.25, -0.2) is 0 Å². The summed E-state index contributed by atoms with van der Waals surface area (Å²) in [6, 6.07) is 11.2. The minimum Gasteiger partial charge on any atom is -0.378 e. The van der Waals surface area contributed by atoms with E-state index in [9.17, 15) is 18.0 Å². The first-order valence-corrected chi connectivity index (χ1v) is 9.24. The molecule has 4 nitrogen and oxygen atoms in total. The number of amides is 1. The summed E-state index contributed by atoms with van der Waals surface area (Å²) in [5.41, 5.74) is -1.38. The summed E-state index contributed by atoms with van der Waals surface area (Å²) in [5, 5.41) is 2.81. The Labute approximate surface area is 159 Å². The maximum absolute atomic E-state index is 12.4. The van der Waals surface area contributed by atoms with Crippen molar-refractivity contribution in [2.45, 2.75) is 17.3 Å². The van der Waals surface area contributed by atoms with Crippen LogP contribution in [0.2, 0.25) is 0 Å².